The van der Waals surface area contributed by atoms with Crippen molar-refractivity contribution in [3.8, 4) is 0 Å². The number of carbonyl (C=O) groups is 1. The molecule has 1 aliphatic heterocycles. The molecule has 1 atom stereocenters. The first-order valence-corrected chi connectivity index (χ1v) is 11.2. The van der Waals surface area contributed by atoms with Crippen molar-refractivity contribution >= 4 is 38.6 Å². The third-order valence-electron chi connectivity index (χ3n) is 4.42. The first-order valence-electron chi connectivity index (χ1n) is 9.18. The summed E-state index contributed by atoms with van der Waals surface area (Å²) < 4.78 is 31.3. The van der Waals surface area contributed by atoms with E-state index in [-0.39, 0.29) is 21.8 Å². The highest BCUT2D eigenvalue weighted by atomic mass is 35.5. The molecule has 28 heavy (non-hydrogen) atoms. The van der Waals surface area contributed by atoms with Gasteiger partial charge in [0.25, 0.3) is 0 Å². The van der Waals surface area contributed by atoms with E-state index in [4.69, 9.17) is 16.3 Å². The van der Waals surface area contributed by atoms with Crippen molar-refractivity contribution in [3.63, 3.8) is 0 Å². The molecule has 0 spiro atoms. The van der Waals surface area contributed by atoms with Gasteiger partial charge in [0.1, 0.15) is 5.60 Å². The zero-order valence-corrected chi connectivity index (χ0v) is 17.8. The van der Waals surface area contributed by atoms with Gasteiger partial charge >= 0.3 is 6.09 Å². The molecule has 7 nitrogen and oxygen atoms in total. The van der Waals surface area contributed by atoms with Crippen LogP contribution in [-0.4, -0.2) is 53.8 Å². The molecule has 0 saturated carbocycles. The van der Waals surface area contributed by atoms with Crippen molar-refractivity contribution in [3.05, 3.63) is 29.4 Å². The number of carbonyl (C=O) groups excluding carboxylic acids is 1. The number of amides is 1. The van der Waals surface area contributed by atoms with Crippen LogP contribution in [0.15, 0.2) is 29.3 Å². The fraction of sp³-hybridized carbons (Fsp3) is 0.526. The maximum atomic E-state index is 12.9. The van der Waals surface area contributed by atoms with E-state index in [2.05, 4.69) is 9.97 Å². The number of aromatic nitrogens is 2. The highest BCUT2D eigenvalue weighted by molar-refractivity contribution is 7.91. The molecule has 3 rings (SSSR count). The highest BCUT2D eigenvalue weighted by Crippen LogP contribution is 2.26. The van der Waals surface area contributed by atoms with Crippen LogP contribution in [0.3, 0.4) is 0 Å². The number of benzene rings is 1. The van der Waals surface area contributed by atoms with Crippen molar-refractivity contribution in [2.24, 2.45) is 5.92 Å². The zero-order valence-electron chi connectivity index (χ0n) is 16.2. The Morgan fingerprint density at radius 3 is 2.54 bits per heavy atom. The van der Waals surface area contributed by atoms with Gasteiger partial charge in [0.05, 0.1) is 16.8 Å². The molecule has 1 fully saturated rings. The van der Waals surface area contributed by atoms with E-state index in [1.807, 2.05) is 0 Å². The normalized spacial score (nSPS) is 18.3. The molecule has 0 aliphatic carbocycles. The summed E-state index contributed by atoms with van der Waals surface area (Å²) in [6, 6.07) is 6.98. The molecular weight excluding hydrogens is 402 g/mol. The molecule has 0 radical (unpaired) electrons. The number of likely N-dealkylation sites (tertiary alicyclic amines) is 1. The van der Waals surface area contributed by atoms with E-state index in [1.54, 1.807) is 49.9 Å². The molecule has 1 aliphatic rings. The number of rotatable bonds is 3. The fourth-order valence-electron chi connectivity index (χ4n) is 3.24. The van der Waals surface area contributed by atoms with E-state index in [0.29, 0.717) is 30.5 Å². The number of para-hydroxylation sites is 2. The topological polar surface area (TPSA) is 89.5 Å². The van der Waals surface area contributed by atoms with Gasteiger partial charge in [0.15, 0.2) is 20.0 Å². The van der Waals surface area contributed by atoms with E-state index in [9.17, 15) is 13.2 Å². The lowest BCUT2D eigenvalue weighted by molar-refractivity contribution is 0.0176. The van der Waals surface area contributed by atoms with Gasteiger partial charge in [-0.2, -0.15) is 0 Å². The van der Waals surface area contributed by atoms with Crippen LogP contribution in [-0.2, 0) is 14.6 Å². The Bertz CT molecular complexity index is 988. The van der Waals surface area contributed by atoms with Crippen LogP contribution in [0.2, 0.25) is 5.15 Å². The van der Waals surface area contributed by atoms with E-state index >= 15 is 0 Å². The van der Waals surface area contributed by atoms with Gasteiger partial charge in [0, 0.05) is 13.1 Å². The molecule has 0 N–H and O–H groups in total. The molecule has 1 amide bonds. The maximum absolute atomic E-state index is 12.9. The quantitative estimate of drug-likeness (QED) is 0.744. The maximum Gasteiger partial charge on any atom is 0.410 e. The van der Waals surface area contributed by atoms with E-state index < -0.39 is 21.5 Å². The summed E-state index contributed by atoms with van der Waals surface area (Å²) in [5.41, 5.74) is 0.425. The third kappa shape index (κ3) is 4.91. The summed E-state index contributed by atoms with van der Waals surface area (Å²) in [7, 11) is -3.75. The van der Waals surface area contributed by atoms with Crippen LogP contribution in [0.5, 0.6) is 0 Å². The molecule has 2 heterocycles. The van der Waals surface area contributed by atoms with Gasteiger partial charge in [-0.15, -0.1) is 0 Å². The van der Waals surface area contributed by atoms with Crippen LogP contribution >= 0.6 is 11.6 Å². The predicted molar refractivity (Wildman–Crippen MR) is 107 cm³/mol. The van der Waals surface area contributed by atoms with Gasteiger partial charge in [-0.3, -0.25) is 0 Å². The van der Waals surface area contributed by atoms with Crippen molar-refractivity contribution in [1.29, 1.82) is 0 Å². The van der Waals surface area contributed by atoms with Crippen molar-refractivity contribution < 1.29 is 17.9 Å². The second-order valence-electron chi connectivity index (χ2n) is 8.02. The van der Waals surface area contributed by atoms with Crippen molar-refractivity contribution in [1.82, 2.24) is 14.9 Å². The number of nitrogens with zero attached hydrogens (tertiary/aromatic N) is 3. The molecule has 2 aromatic rings. The van der Waals surface area contributed by atoms with Gasteiger partial charge < -0.3 is 9.64 Å². The van der Waals surface area contributed by atoms with Gasteiger partial charge in [-0.05, 0) is 51.7 Å². The average molecular weight is 426 g/mol. The Hall–Kier alpha value is -1.93. The molecule has 1 aromatic heterocycles. The first-order chi connectivity index (χ1) is 13.0. The molecule has 9 heteroatoms. The summed E-state index contributed by atoms with van der Waals surface area (Å²) in [5.74, 6) is -0.352. The molecule has 0 bridgehead atoms. The summed E-state index contributed by atoms with van der Waals surface area (Å²) >= 11 is 6.12. The number of halogens is 1. The van der Waals surface area contributed by atoms with Crippen LogP contribution in [0, 0.1) is 5.92 Å². The third-order valence-corrected chi connectivity index (χ3v) is 6.58. The molecule has 1 aromatic carbocycles. The van der Waals surface area contributed by atoms with Gasteiger partial charge in [-0.25, -0.2) is 23.2 Å². The number of hydrogen-bond donors (Lipinski definition) is 0. The zero-order chi connectivity index (χ0) is 20.5. The second kappa shape index (κ2) is 7.83. The summed E-state index contributed by atoms with van der Waals surface area (Å²) in [6.45, 7) is 6.29. The molecular formula is C19H24ClN3O4S. The van der Waals surface area contributed by atoms with Crippen LogP contribution in [0.4, 0.5) is 4.79 Å². The fourth-order valence-corrected chi connectivity index (χ4v) is 5.32. The number of piperidine rings is 1. The summed E-state index contributed by atoms with van der Waals surface area (Å²) in [5, 5.41) is -0.333. The molecule has 152 valence electrons. The number of hydrogen-bond acceptors (Lipinski definition) is 6. The lowest BCUT2D eigenvalue weighted by Crippen LogP contribution is -2.44. The Morgan fingerprint density at radius 1 is 1.25 bits per heavy atom. The SMILES string of the molecule is CC(C)(C)OC(=O)N1CCCC(CS(=O)(=O)c2nc3ccccc3nc2Cl)C1. The Kier molecular flexibility index (Phi) is 5.82. The smallest absolute Gasteiger partial charge is 0.410 e. The summed E-state index contributed by atoms with van der Waals surface area (Å²) in [6.07, 6.45) is 1.01. The summed E-state index contributed by atoms with van der Waals surface area (Å²) in [4.78, 5) is 22.3. The first kappa shape index (κ1) is 20.8. The second-order valence-corrected chi connectivity index (χ2v) is 10.3. The standard InChI is InChI=1S/C19H24ClN3O4S/c1-19(2,3)27-18(24)23-10-6-7-13(11-23)12-28(25,26)17-16(20)21-14-8-4-5-9-15(14)22-17/h4-5,8-9,13H,6-7,10-12H2,1-3H3. The largest absolute Gasteiger partial charge is 0.444 e. The Morgan fingerprint density at radius 2 is 1.89 bits per heavy atom. The minimum absolute atomic E-state index is 0.126. The van der Waals surface area contributed by atoms with Crippen molar-refractivity contribution in [2.45, 2.75) is 44.2 Å². The lowest BCUT2D eigenvalue weighted by Gasteiger charge is -2.34. The number of fused-ring (bicyclic) bond motifs is 1. The minimum atomic E-state index is -3.75. The predicted octanol–water partition coefficient (Wildman–Crippen LogP) is 3.70. The van der Waals surface area contributed by atoms with Crippen molar-refractivity contribution in [2.75, 3.05) is 18.8 Å². The van der Waals surface area contributed by atoms with Gasteiger partial charge in [-0.1, -0.05) is 23.7 Å². The van der Waals surface area contributed by atoms with Crippen LogP contribution in [0.25, 0.3) is 11.0 Å². The Balaban J connectivity index is 1.77. The van der Waals surface area contributed by atoms with Crippen LogP contribution < -0.4 is 0 Å². The average Bonchev–Trinajstić information content (AvgIpc) is 2.59. The molecule has 1 unspecified atom stereocenters. The van der Waals surface area contributed by atoms with E-state index in [1.165, 1.54) is 0 Å². The lowest BCUT2D eigenvalue weighted by atomic mass is 10.0. The number of sulfone groups is 1. The molecule has 1 saturated heterocycles. The van der Waals surface area contributed by atoms with Gasteiger partial charge in [0.2, 0.25) is 0 Å². The highest BCUT2D eigenvalue weighted by Gasteiger charge is 2.32. The monoisotopic (exact) mass is 425 g/mol. The van der Waals surface area contributed by atoms with E-state index in [0.717, 1.165) is 6.42 Å². The Labute approximate surface area is 170 Å². The number of ether oxygens (including phenoxy) is 1. The minimum Gasteiger partial charge on any atom is -0.444 e. The van der Waals surface area contributed by atoms with Crippen LogP contribution in [0.1, 0.15) is 33.6 Å².